The van der Waals surface area contributed by atoms with Crippen LogP contribution >= 0.6 is 0 Å². The second kappa shape index (κ2) is 3.53. The number of aliphatic carboxylic acids is 1. The minimum absolute atomic E-state index is 0.405. The number of aliphatic hydroxyl groups is 1. The topological polar surface area (TPSA) is 83.5 Å². The van der Waals surface area contributed by atoms with Crippen LogP contribution in [0.1, 0.15) is 13.8 Å². The van der Waals surface area contributed by atoms with Gasteiger partial charge in [-0.25, -0.2) is 0 Å². The summed E-state index contributed by atoms with van der Waals surface area (Å²) in [6.45, 7) is 3.12. The van der Waals surface area contributed by atoms with Crippen LogP contribution in [0, 0.1) is 5.92 Å². The van der Waals surface area contributed by atoms with E-state index in [0.717, 1.165) is 0 Å². The van der Waals surface area contributed by atoms with Gasteiger partial charge < -0.3 is 15.9 Å². The van der Waals surface area contributed by atoms with Gasteiger partial charge in [-0.1, -0.05) is 6.92 Å². The summed E-state index contributed by atoms with van der Waals surface area (Å²) in [4.78, 5) is 10.2. The molecule has 10 heavy (non-hydrogen) atoms. The Bertz CT molecular complexity index is 124. The number of nitrogens with two attached hydrogens (primary N) is 1. The van der Waals surface area contributed by atoms with Gasteiger partial charge in [0.1, 0.15) is 6.04 Å². The van der Waals surface area contributed by atoms with E-state index < -0.39 is 24.0 Å². The molecule has 0 spiro atoms. The molecule has 60 valence electrons. The van der Waals surface area contributed by atoms with Crippen LogP contribution < -0.4 is 5.73 Å². The van der Waals surface area contributed by atoms with Crippen molar-refractivity contribution in [3.05, 3.63) is 0 Å². The van der Waals surface area contributed by atoms with E-state index in [1.54, 1.807) is 6.92 Å². The molecule has 0 heterocycles. The predicted molar refractivity (Wildman–Crippen MR) is 36.5 cm³/mol. The standard InChI is InChI=1S/C6H13NO3/c1-3(4(2)8)5(7)6(9)10/h3-5,8H,7H2,1-2H3,(H,9,10)/t3?,4?,5-/m0/s1. The quantitative estimate of drug-likeness (QED) is 0.498. The molecule has 4 N–H and O–H groups in total. The molecule has 0 aliphatic rings. The third-order valence-electron chi connectivity index (χ3n) is 1.61. The van der Waals surface area contributed by atoms with Gasteiger partial charge in [0.15, 0.2) is 0 Å². The minimum atomic E-state index is -1.08. The number of hydrogen-bond donors (Lipinski definition) is 3. The maximum Gasteiger partial charge on any atom is 0.320 e. The van der Waals surface area contributed by atoms with Gasteiger partial charge in [-0.15, -0.1) is 0 Å². The van der Waals surface area contributed by atoms with E-state index in [4.69, 9.17) is 15.9 Å². The first-order valence-electron chi connectivity index (χ1n) is 3.13. The van der Waals surface area contributed by atoms with Crippen molar-refractivity contribution in [3.63, 3.8) is 0 Å². The number of rotatable bonds is 3. The average molecular weight is 147 g/mol. The molecule has 4 heteroatoms. The Morgan fingerprint density at radius 3 is 2.00 bits per heavy atom. The summed E-state index contributed by atoms with van der Waals surface area (Å²) in [7, 11) is 0. The third-order valence-corrected chi connectivity index (χ3v) is 1.61. The minimum Gasteiger partial charge on any atom is -0.480 e. The second-order valence-corrected chi connectivity index (χ2v) is 2.46. The van der Waals surface area contributed by atoms with Crippen LogP contribution in [0.15, 0.2) is 0 Å². The van der Waals surface area contributed by atoms with Crippen molar-refractivity contribution >= 4 is 5.97 Å². The van der Waals surface area contributed by atoms with Crippen LogP contribution in [0.2, 0.25) is 0 Å². The lowest BCUT2D eigenvalue weighted by atomic mass is 9.98. The first-order valence-corrected chi connectivity index (χ1v) is 3.13. The molecule has 0 aliphatic heterocycles. The summed E-state index contributed by atoms with van der Waals surface area (Å²) in [5, 5.41) is 17.3. The highest BCUT2D eigenvalue weighted by Crippen LogP contribution is 2.05. The zero-order valence-electron chi connectivity index (χ0n) is 6.11. The van der Waals surface area contributed by atoms with Gasteiger partial charge in [0, 0.05) is 5.92 Å². The molecule has 0 fully saturated rings. The highest BCUT2D eigenvalue weighted by molar-refractivity contribution is 5.73. The van der Waals surface area contributed by atoms with Crippen LogP contribution in [-0.2, 0) is 4.79 Å². The van der Waals surface area contributed by atoms with Crippen LogP contribution in [0.25, 0.3) is 0 Å². The van der Waals surface area contributed by atoms with E-state index in [1.165, 1.54) is 6.92 Å². The van der Waals surface area contributed by atoms with Gasteiger partial charge in [0.05, 0.1) is 6.10 Å². The Hall–Kier alpha value is -0.610. The van der Waals surface area contributed by atoms with Gasteiger partial charge in [0.25, 0.3) is 0 Å². The van der Waals surface area contributed by atoms with Crippen LogP contribution in [0.4, 0.5) is 0 Å². The van der Waals surface area contributed by atoms with E-state index in [1.807, 2.05) is 0 Å². The number of carbonyl (C=O) groups is 1. The summed E-state index contributed by atoms with van der Waals surface area (Å²) in [5.41, 5.74) is 5.20. The van der Waals surface area contributed by atoms with E-state index in [-0.39, 0.29) is 0 Å². The normalized spacial score (nSPS) is 19.6. The summed E-state index contributed by atoms with van der Waals surface area (Å²) < 4.78 is 0. The highest BCUT2D eigenvalue weighted by Gasteiger charge is 2.23. The molecule has 0 aromatic heterocycles. The molecule has 0 bridgehead atoms. The van der Waals surface area contributed by atoms with E-state index in [2.05, 4.69) is 0 Å². The van der Waals surface area contributed by atoms with Crippen molar-refractivity contribution in [2.24, 2.45) is 11.7 Å². The number of carboxylic acids is 1. The molecule has 0 rings (SSSR count). The van der Waals surface area contributed by atoms with Gasteiger partial charge in [-0.3, -0.25) is 4.79 Å². The molecule has 3 atom stereocenters. The summed E-state index contributed by atoms with van der Waals surface area (Å²) in [6, 6.07) is -0.972. The van der Waals surface area contributed by atoms with Crippen molar-refractivity contribution in [3.8, 4) is 0 Å². The van der Waals surface area contributed by atoms with Gasteiger partial charge in [0.2, 0.25) is 0 Å². The van der Waals surface area contributed by atoms with E-state index in [9.17, 15) is 4.79 Å². The van der Waals surface area contributed by atoms with E-state index in [0.29, 0.717) is 0 Å². The summed E-state index contributed by atoms with van der Waals surface area (Å²) in [5.74, 6) is -1.48. The highest BCUT2D eigenvalue weighted by atomic mass is 16.4. The molecular weight excluding hydrogens is 134 g/mol. The zero-order chi connectivity index (χ0) is 8.31. The van der Waals surface area contributed by atoms with E-state index >= 15 is 0 Å². The predicted octanol–water partition coefficient (Wildman–Crippen LogP) is -0.585. The lowest BCUT2D eigenvalue weighted by molar-refractivity contribution is -0.140. The Morgan fingerprint density at radius 2 is 1.90 bits per heavy atom. The molecular formula is C6H13NO3. The maximum absolute atomic E-state index is 10.2. The SMILES string of the molecule is CC(O)C(C)[C@H](N)C(=O)O. The molecule has 4 nitrogen and oxygen atoms in total. The number of hydrogen-bond acceptors (Lipinski definition) is 3. The molecule has 0 aromatic carbocycles. The first kappa shape index (κ1) is 9.39. The monoisotopic (exact) mass is 147 g/mol. The Balaban J connectivity index is 3.94. The third kappa shape index (κ3) is 2.33. The van der Waals surface area contributed by atoms with Crippen molar-refractivity contribution in [2.45, 2.75) is 26.0 Å². The molecule has 0 aromatic rings. The van der Waals surface area contributed by atoms with Crippen molar-refractivity contribution in [1.82, 2.24) is 0 Å². The van der Waals surface area contributed by atoms with Gasteiger partial charge >= 0.3 is 5.97 Å². The lowest BCUT2D eigenvalue weighted by Gasteiger charge is -2.17. The zero-order valence-corrected chi connectivity index (χ0v) is 6.11. The second-order valence-electron chi connectivity index (χ2n) is 2.46. The molecule has 0 saturated heterocycles. The maximum atomic E-state index is 10.2. The molecule has 0 saturated carbocycles. The Kier molecular flexibility index (Phi) is 3.32. The van der Waals surface area contributed by atoms with Crippen LogP contribution in [0.5, 0.6) is 0 Å². The fourth-order valence-electron chi connectivity index (χ4n) is 0.525. The fraction of sp³-hybridized carbons (Fsp3) is 0.833. The Morgan fingerprint density at radius 1 is 1.50 bits per heavy atom. The molecule has 0 amide bonds. The smallest absolute Gasteiger partial charge is 0.320 e. The molecule has 0 aliphatic carbocycles. The van der Waals surface area contributed by atoms with Crippen LogP contribution in [0.3, 0.4) is 0 Å². The van der Waals surface area contributed by atoms with Gasteiger partial charge in [-0.2, -0.15) is 0 Å². The summed E-state index contributed by atoms with van der Waals surface area (Å²) in [6.07, 6.45) is -0.675. The lowest BCUT2D eigenvalue weighted by Crippen LogP contribution is -2.41. The average Bonchev–Trinajstić information content (AvgIpc) is 1.84. The molecule has 2 unspecified atom stereocenters. The fourth-order valence-corrected chi connectivity index (χ4v) is 0.525. The first-order chi connectivity index (χ1) is 4.46. The van der Waals surface area contributed by atoms with Crippen molar-refractivity contribution in [2.75, 3.05) is 0 Å². The van der Waals surface area contributed by atoms with Gasteiger partial charge in [-0.05, 0) is 6.92 Å². The van der Waals surface area contributed by atoms with Crippen molar-refractivity contribution in [1.29, 1.82) is 0 Å². The van der Waals surface area contributed by atoms with Crippen LogP contribution in [-0.4, -0.2) is 28.3 Å². The number of carboxylic acid groups (broad SMARTS) is 1. The summed E-state index contributed by atoms with van der Waals surface area (Å²) >= 11 is 0. The molecule has 0 radical (unpaired) electrons. The number of aliphatic hydroxyl groups excluding tert-OH is 1. The Labute approximate surface area is 59.7 Å². The largest absolute Gasteiger partial charge is 0.480 e. The van der Waals surface area contributed by atoms with Crippen molar-refractivity contribution < 1.29 is 15.0 Å².